The number of rotatable bonds is 11. The molecule has 1 saturated carbocycles. The lowest BCUT2D eigenvalue weighted by atomic mass is 9.83. The van der Waals surface area contributed by atoms with Crippen LogP contribution in [-0.2, 0) is 20.9 Å². The van der Waals surface area contributed by atoms with E-state index in [4.69, 9.17) is 5.11 Å². The number of carbonyl (C=O) groups is 4. The average molecular weight is 502 g/mol. The standard InChI is InChI=1S/C23H31N7O6/c31-14(5-8-21(33)34)9-16(13-3-1-2-4-13)17-6-7-18(25-17)23(36)30-12-15(32)10-19(30)22(35)24-11-20-26-28-29-27-20/h6-7,13,15-16,19,25,32H,1-5,8-12H2,(H,24,35)(H,33,34)(H,26,27,28,29)/t15-,16-,19-/m0/s1. The SMILES string of the molecule is O=C(O)CCC(=O)C[C@H](c1ccc(C(=O)N2C[C@@H](O)C[C@H]2C(=O)NCc2nn[nH]n2)[nH]1)C1CCCC1. The number of nitrogens with one attached hydrogen (secondary N) is 3. The lowest BCUT2D eigenvalue weighted by Gasteiger charge is -2.24. The largest absolute Gasteiger partial charge is 0.481 e. The summed E-state index contributed by atoms with van der Waals surface area (Å²) < 4.78 is 0. The molecule has 3 heterocycles. The minimum Gasteiger partial charge on any atom is -0.481 e. The van der Waals surface area contributed by atoms with E-state index in [-0.39, 0.29) is 62.1 Å². The quantitative estimate of drug-likeness (QED) is 0.292. The third kappa shape index (κ3) is 6.14. The molecule has 0 radical (unpaired) electrons. The lowest BCUT2D eigenvalue weighted by Crippen LogP contribution is -2.46. The summed E-state index contributed by atoms with van der Waals surface area (Å²) in [6, 6.07) is 2.58. The molecule has 1 saturated heterocycles. The van der Waals surface area contributed by atoms with Crippen molar-refractivity contribution in [3.05, 3.63) is 29.3 Å². The van der Waals surface area contributed by atoms with Crippen LogP contribution >= 0.6 is 0 Å². The molecule has 13 nitrogen and oxygen atoms in total. The molecule has 2 fully saturated rings. The van der Waals surface area contributed by atoms with Gasteiger partial charge in [-0.15, -0.1) is 10.2 Å². The summed E-state index contributed by atoms with van der Waals surface area (Å²) >= 11 is 0. The van der Waals surface area contributed by atoms with Crippen molar-refractivity contribution in [2.45, 2.75) is 76.0 Å². The Balaban J connectivity index is 1.45. The molecule has 2 aromatic rings. The van der Waals surface area contributed by atoms with Gasteiger partial charge in [0, 0.05) is 37.4 Å². The van der Waals surface area contributed by atoms with Gasteiger partial charge in [-0.2, -0.15) is 5.21 Å². The Kier molecular flexibility index (Phi) is 8.08. The van der Waals surface area contributed by atoms with Crippen LogP contribution in [0.4, 0.5) is 0 Å². The second-order valence-corrected chi connectivity index (χ2v) is 9.52. The summed E-state index contributed by atoms with van der Waals surface area (Å²) in [5.41, 5.74) is 1.03. The number of aromatic amines is 2. The van der Waals surface area contributed by atoms with Gasteiger partial charge in [0.15, 0.2) is 5.82 Å². The molecule has 3 atom stereocenters. The Morgan fingerprint density at radius 3 is 2.64 bits per heavy atom. The number of carboxylic acids is 1. The third-order valence-electron chi connectivity index (χ3n) is 7.03. The Hall–Kier alpha value is -3.61. The van der Waals surface area contributed by atoms with Crippen molar-refractivity contribution >= 4 is 23.6 Å². The maximum atomic E-state index is 13.3. The predicted molar refractivity (Wildman–Crippen MR) is 123 cm³/mol. The highest BCUT2D eigenvalue weighted by Gasteiger charge is 2.40. The molecule has 36 heavy (non-hydrogen) atoms. The van der Waals surface area contributed by atoms with Crippen molar-refractivity contribution in [3.63, 3.8) is 0 Å². The van der Waals surface area contributed by atoms with Gasteiger partial charge in [-0.1, -0.05) is 18.1 Å². The Labute approximate surface area is 207 Å². The van der Waals surface area contributed by atoms with E-state index in [1.807, 2.05) is 0 Å². The molecule has 0 bridgehead atoms. The number of hydrogen-bond donors (Lipinski definition) is 5. The second kappa shape index (κ2) is 11.4. The topological polar surface area (TPSA) is 194 Å². The summed E-state index contributed by atoms with van der Waals surface area (Å²) in [7, 11) is 0. The highest BCUT2D eigenvalue weighted by atomic mass is 16.4. The molecule has 13 heteroatoms. The molecule has 2 aliphatic rings. The molecule has 4 rings (SSSR count). The van der Waals surface area contributed by atoms with Crippen LogP contribution < -0.4 is 5.32 Å². The minimum absolute atomic E-state index is 0.0165. The van der Waals surface area contributed by atoms with Crippen molar-refractivity contribution < 1.29 is 29.4 Å². The number of likely N-dealkylation sites (tertiary alicyclic amines) is 1. The number of Topliss-reactive ketones (excluding diaryl/α,β-unsaturated/α-hetero) is 1. The number of H-pyrrole nitrogens is 2. The molecular weight excluding hydrogens is 470 g/mol. The van der Waals surface area contributed by atoms with Gasteiger partial charge in [-0.05, 0) is 30.9 Å². The van der Waals surface area contributed by atoms with Gasteiger partial charge in [-0.3, -0.25) is 19.2 Å². The van der Waals surface area contributed by atoms with Gasteiger partial charge in [0.2, 0.25) is 5.91 Å². The molecule has 2 aromatic heterocycles. The summed E-state index contributed by atoms with van der Waals surface area (Å²) in [4.78, 5) is 53.9. The molecule has 1 aliphatic heterocycles. The number of hydrogen-bond acceptors (Lipinski definition) is 8. The van der Waals surface area contributed by atoms with Crippen LogP contribution in [0.3, 0.4) is 0 Å². The number of aliphatic hydroxyl groups is 1. The first-order chi connectivity index (χ1) is 17.3. The molecule has 1 aliphatic carbocycles. The van der Waals surface area contributed by atoms with Gasteiger partial charge in [0.05, 0.1) is 19.1 Å². The number of tetrazole rings is 1. The summed E-state index contributed by atoms with van der Waals surface area (Å²) in [6.07, 6.45) is 3.38. The fourth-order valence-corrected chi connectivity index (χ4v) is 5.22. The number of aromatic nitrogens is 5. The fraction of sp³-hybridized carbons (Fsp3) is 0.609. The van der Waals surface area contributed by atoms with Crippen LogP contribution in [0.25, 0.3) is 0 Å². The van der Waals surface area contributed by atoms with E-state index in [1.165, 1.54) is 4.90 Å². The maximum absolute atomic E-state index is 13.3. The summed E-state index contributed by atoms with van der Waals surface area (Å²) in [5, 5.41) is 35.0. The molecule has 194 valence electrons. The summed E-state index contributed by atoms with van der Waals surface area (Å²) in [6.45, 7) is 0.0583. The number of aliphatic hydroxyl groups excluding tert-OH is 1. The van der Waals surface area contributed by atoms with Crippen LogP contribution in [0.2, 0.25) is 0 Å². The summed E-state index contributed by atoms with van der Waals surface area (Å²) in [5.74, 6) is -1.52. The number of ketones is 1. The van der Waals surface area contributed by atoms with Crippen molar-refractivity contribution in [3.8, 4) is 0 Å². The fourth-order valence-electron chi connectivity index (χ4n) is 5.22. The Morgan fingerprint density at radius 1 is 1.17 bits per heavy atom. The molecular formula is C23H31N7O6. The highest BCUT2D eigenvalue weighted by Crippen LogP contribution is 2.39. The molecule has 0 unspecified atom stereocenters. The van der Waals surface area contributed by atoms with E-state index in [9.17, 15) is 24.3 Å². The maximum Gasteiger partial charge on any atom is 0.303 e. The van der Waals surface area contributed by atoms with Crippen molar-refractivity contribution in [1.29, 1.82) is 0 Å². The smallest absolute Gasteiger partial charge is 0.303 e. The zero-order valence-corrected chi connectivity index (χ0v) is 19.9. The molecule has 2 amide bonds. The van der Waals surface area contributed by atoms with Gasteiger partial charge in [-0.25, -0.2) is 0 Å². The first-order valence-electron chi connectivity index (χ1n) is 12.2. The average Bonchev–Trinajstić information content (AvgIpc) is 3.66. The number of carboxylic acid groups (broad SMARTS) is 1. The normalized spacial score (nSPS) is 21.0. The number of amides is 2. The van der Waals surface area contributed by atoms with Gasteiger partial charge in [0.25, 0.3) is 5.91 Å². The minimum atomic E-state index is -1.00. The van der Waals surface area contributed by atoms with Crippen molar-refractivity contribution in [2.75, 3.05) is 6.54 Å². The number of aliphatic carboxylic acids is 1. The van der Waals surface area contributed by atoms with E-state index in [0.29, 0.717) is 5.82 Å². The van der Waals surface area contributed by atoms with Gasteiger partial charge < -0.3 is 25.4 Å². The Morgan fingerprint density at radius 2 is 1.94 bits per heavy atom. The van der Waals surface area contributed by atoms with Crippen LogP contribution in [0.1, 0.15) is 79.3 Å². The number of β-amino-alcohol motifs (C(OH)–C–C–N with tert-alkyl or cyclic N) is 1. The van der Waals surface area contributed by atoms with Gasteiger partial charge in [0.1, 0.15) is 17.5 Å². The first-order valence-corrected chi connectivity index (χ1v) is 12.2. The van der Waals surface area contributed by atoms with E-state index in [1.54, 1.807) is 12.1 Å². The van der Waals surface area contributed by atoms with E-state index < -0.39 is 29.9 Å². The third-order valence-corrected chi connectivity index (χ3v) is 7.03. The van der Waals surface area contributed by atoms with Crippen molar-refractivity contribution in [2.24, 2.45) is 5.92 Å². The van der Waals surface area contributed by atoms with Crippen LogP contribution in [0.5, 0.6) is 0 Å². The van der Waals surface area contributed by atoms with Crippen LogP contribution in [0.15, 0.2) is 12.1 Å². The predicted octanol–water partition coefficient (Wildman–Crippen LogP) is 0.517. The van der Waals surface area contributed by atoms with E-state index in [0.717, 1.165) is 31.4 Å². The zero-order valence-electron chi connectivity index (χ0n) is 19.9. The Bertz CT molecular complexity index is 1080. The van der Waals surface area contributed by atoms with Crippen LogP contribution in [-0.4, -0.2) is 83.0 Å². The molecule has 0 aromatic carbocycles. The molecule has 5 N–H and O–H groups in total. The second-order valence-electron chi connectivity index (χ2n) is 9.52. The zero-order chi connectivity index (χ0) is 25.7. The van der Waals surface area contributed by atoms with E-state index in [2.05, 4.69) is 30.9 Å². The number of carbonyl (C=O) groups excluding carboxylic acids is 3. The van der Waals surface area contributed by atoms with Crippen molar-refractivity contribution in [1.82, 2.24) is 35.8 Å². The first kappa shape index (κ1) is 25.5. The van der Waals surface area contributed by atoms with Gasteiger partial charge >= 0.3 is 5.97 Å². The van der Waals surface area contributed by atoms with E-state index >= 15 is 0 Å². The van der Waals surface area contributed by atoms with Crippen LogP contribution in [0, 0.1) is 5.92 Å². The molecule has 0 spiro atoms. The monoisotopic (exact) mass is 501 g/mol. The number of nitrogens with zero attached hydrogens (tertiary/aromatic N) is 4. The lowest BCUT2D eigenvalue weighted by molar-refractivity contribution is -0.138. The highest BCUT2D eigenvalue weighted by molar-refractivity contribution is 5.97.